The molecule has 1 heterocycles. The molecule has 0 aliphatic rings. The molecule has 0 saturated heterocycles. The van der Waals surface area contributed by atoms with Crippen LogP contribution in [0.4, 0.5) is 5.69 Å². The zero-order valence-corrected chi connectivity index (χ0v) is 20.0. The quantitative estimate of drug-likeness (QED) is 0.340. The smallest absolute Gasteiger partial charge is 0.335 e. The lowest BCUT2D eigenvalue weighted by Crippen LogP contribution is -2.46. The van der Waals surface area contributed by atoms with Crippen molar-refractivity contribution in [2.45, 2.75) is 9.10 Å². The Balaban J connectivity index is 1.86. The summed E-state index contributed by atoms with van der Waals surface area (Å²) in [5.74, 6) is -1.50. The highest BCUT2D eigenvalue weighted by Crippen LogP contribution is 2.33. The number of ether oxygens (including phenoxy) is 1. The monoisotopic (exact) mass is 518 g/mol. The molecule has 0 aliphatic carbocycles. The van der Waals surface area contributed by atoms with Gasteiger partial charge in [-0.05, 0) is 47.9 Å². The van der Waals surface area contributed by atoms with E-state index in [0.717, 1.165) is 17.4 Å². The SMILES string of the molecule is COc1ccc(C(=O)O)cc1S(=O)(=O)N(NS(=O)(=O)c1cc2ccccc2s1)c1ccccc1. The Bertz CT molecular complexity index is 1550. The Morgan fingerprint density at radius 3 is 2.26 bits per heavy atom. The molecule has 4 aromatic rings. The standard InChI is InChI=1S/C22H18N2O7S3/c1-31-18-12-11-16(22(25)26)13-20(18)34(29,30)24(17-8-3-2-4-9-17)23-33(27,28)21-14-15-7-5-6-10-19(15)32-21/h2-14,23H,1H3,(H,25,26). The van der Waals surface area contributed by atoms with Gasteiger partial charge in [0, 0.05) is 4.70 Å². The third kappa shape index (κ3) is 4.48. The molecule has 0 radical (unpaired) electrons. The maximum absolute atomic E-state index is 13.7. The van der Waals surface area contributed by atoms with E-state index >= 15 is 0 Å². The van der Waals surface area contributed by atoms with Crippen LogP contribution < -0.4 is 14.0 Å². The van der Waals surface area contributed by atoms with Gasteiger partial charge in [-0.15, -0.1) is 16.2 Å². The molecule has 0 unspecified atom stereocenters. The van der Waals surface area contributed by atoms with Gasteiger partial charge < -0.3 is 9.84 Å². The van der Waals surface area contributed by atoms with Gasteiger partial charge in [0.2, 0.25) is 0 Å². The van der Waals surface area contributed by atoms with Crippen molar-refractivity contribution in [2.75, 3.05) is 11.5 Å². The average Bonchev–Trinajstić information content (AvgIpc) is 3.28. The Kier molecular flexibility index (Phi) is 6.32. The number of anilines is 1. The minimum absolute atomic E-state index is 0.00466. The van der Waals surface area contributed by atoms with Gasteiger partial charge in [-0.2, -0.15) is 12.8 Å². The number of carboxylic acid groups (broad SMARTS) is 1. The second-order valence-corrected chi connectivity index (χ2v) is 11.7. The Hall–Kier alpha value is -3.45. The van der Waals surface area contributed by atoms with Crippen LogP contribution in [0.15, 0.2) is 88.0 Å². The van der Waals surface area contributed by atoms with Crippen LogP contribution >= 0.6 is 11.3 Å². The van der Waals surface area contributed by atoms with E-state index < -0.39 is 30.9 Å². The van der Waals surface area contributed by atoms with Gasteiger partial charge in [0.1, 0.15) is 14.9 Å². The number of benzene rings is 3. The van der Waals surface area contributed by atoms with Crippen LogP contribution in [0.1, 0.15) is 10.4 Å². The fourth-order valence-electron chi connectivity index (χ4n) is 3.16. The van der Waals surface area contributed by atoms with Crippen LogP contribution in [-0.2, 0) is 20.0 Å². The first-order valence-electron chi connectivity index (χ1n) is 9.66. The highest BCUT2D eigenvalue weighted by molar-refractivity contribution is 7.96. The van der Waals surface area contributed by atoms with Crippen molar-refractivity contribution >= 4 is 53.1 Å². The number of nitrogens with zero attached hydrogens (tertiary/aromatic N) is 1. The van der Waals surface area contributed by atoms with E-state index in [9.17, 15) is 26.7 Å². The highest BCUT2D eigenvalue weighted by atomic mass is 32.2. The summed E-state index contributed by atoms with van der Waals surface area (Å²) in [5.41, 5.74) is -0.310. The molecule has 0 spiro atoms. The molecule has 1 aromatic heterocycles. The summed E-state index contributed by atoms with van der Waals surface area (Å²) in [6, 6.07) is 19.3. The zero-order valence-electron chi connectivity index (χ0n) is 17.6. The molecule has 9 nitrogen and oxygen atoms in total. The number of para-hydroxylation sites is 1. The zero-order chi connectivity index (χ0) is 24.5. The van der Waals surface area contributed by atoms with Crippen molar-refractivity contribution in [3.8, 4) is 5.75 Å². The van der Waals surface area contributed by atoms with E-state index in [1.165, 1.54) is 49.6 Å². The van der Waals surface area contributed by atoms with E-state index in [0.29, 0.717) is 14.5 Å². The first-order chi connectivity index (χ1) is 16.1. The number of thiophene rings is 1. The number of hydrazine groups is 1. The maximum atomic E-state index is 13.7. The molecule has 0 amide bonds. The van der Waals surface area contributed by atoms with E-state index in [2.05, 4.69) is 4.83 Å². The van der Waals surface area contributed by atoms with E-state index in [1.54, 1.807) is 30.3 Å². The molecule has 176 valence electrons. The van der Waals surface area contributed by atoms with Crippen LogP contribution in [0.5, 0.6) is 5.75 Å². The lowest BCUT2D eigenvalue weighted by Gasteiger charge is -2.25. The average molecular weight is 519 g/mol. The van der Waals surface area contributed by atoms with Crippen molar-refractivity contribution in [3.05, 3.63) is 84.4 Å². The second kappa shape index (κ2) is 9.06. The highest BCUT2D eigenvalue weighted by Gasteiger charge is 2.33. The fraction of sp³-hybridized carbons (Fsp3) is 0.0455. The number of nitrogens with one attached hydrogen (secondary N) is 1. The van der Waals surface area contributed by atoms with Gasteiger partial charge in [0.05, 0.1) is 18.4 Å². The number of hydrogen-bond donors (Lipinski definition) is 2. The maximum Gasteiger partial charge on any atom is 0.335 e. The molecule has 4 rings (SSSR count). The Morgan fingerprint density at radius 1 is 0.941 bits per heavy atom. The topological polar surface area (TPSA) is 130 Å². The first kappa shape index (κ1) is 23.7. The number of aromatic carboxylic acids is 1. The van der Waals surface area contributed by atoms with Crippen molar-refractivity contribution in [1.29, 1.82) is 0 Å². The van der Waals surface area contributed by atoms with E-state index in [1.807, 2.05) is 0 Å². The predicted molar refractivity (Wildman–Crippen MR) is 128 cm³/mol. The summed E-state index contributed by atoms with van der Waals surface area (Å²) >= 11 is 0.987. The largest absolute Gasteiger partial charge is 0.495 e. The molecule has 0 bridgehead atoms. The van der Waals surface area contributed by atoms with Crippen LogP contribution in [0.25, 0.3) is 10.1 Å². The van der Waals surface area contributed by atoms with Crippen molar-refractivity contribution in [1.82, 2.24) is 4.83 Å². The normalized spacial score (nSPS) is 11.9. The van der Waals surface area contributed by atoms with Crippen LogP contribution in [0.3, 0.4) is 0 Å². The van der Waals surface area contributed by atoms with Gasteiger partial charge >= 0.3 is 5.97 Å². The number of hydrogen-bond acceptors (Lipinski definition) is 7. The Labute approximate surface area is 199 Å². The number of sulfonamides is 2. The van der Waals surface area contributed by atoms with Crippen LogP contribution in [0, 0.1) is 0 Å². The molecule has 3 aromatic carbocycles. The summed E-state index contributed by atoms with van der Waals surface area (Å²) in [7, 11) is -7.79. The number of carboxylic acids is 1. The molecule has 12 heteroatoms. The molecule has 0 fully saturated rings. The van der Waals surface area contributed by atoms with Gasteiger partial charge in [-0.1, -0.05) is 36.4 Å². The van der Waals surface area contributed by atoms with Crippen LogP contribution in [-0.4, -0.2) is 35.0 Å². The van der Waals surface area contributed by atoms with E-state index in [4.69, 9.17) is 4.74 Å². The van der Waals surface area contributed by atoms with Gasteiger partial charge in [0.25, 0.3) is 20.0 Å². The molecule has 0 saturated carbocycles. The van der Waals surface area contributed by atoms with Crippen LogP contribution in [0.2, 0.25) is 0 Å². The number of carbonyl (C=O) groups is 1. The minimum Gasteiger partial charge on any atom is -0.495 e. The minimum atomic E-state index is -4.66. The molecular formula is C22H18N2O7S3. The van der Waals surface area contributed by atoms with Gasteiger partial charge in [-0.25, -0.2) is 13.2 Å². The number of fused-ring (bicyclic) bond motifs is 1. The van der Waals surface area contributed by atoms with Crippen molar-refractivity contribution in [3.63, 3.8) is 0 Å². The van der Waals surface area contributed by atoms with Gasteiger partial charge in [0.15, 0.2) is 0 Å². The second-order valence-electron chi connectivity index (χ2n) is 6.97. The molecule has 0 aliphatic heterocycles. The summed E-state index contributed by atoms with van der Waals surface area (Å²) in [4.78, 5) is 13.1. The lowest BCUT2D eigenvalue weighted by atomic mass is 10.2. The summed E-state index contributed by atoms with van der Waals surface area (Å²) in [5, 5.41) is 10.0. The molecular weight excluding hydrogens is 500 g/mol. The summed E-state index contributed by atoms with van der Waals surface area (Å²) in [6.45, 7) is 0. The third-order valence-corrected chi connectivity index (χ3v) is 9.45. The third-order valence-electron chi connectivity index (χ3n) is 4.79. The number of rotatable bonds is 8. The van der Waals surface area contributed by atoms with Crippen molar-refractivity contribution < 1.29 is 31.5 Å². The first-order valence-corrected chi connectivity index (χ1v) is 13.4. The molecule has 0 atom stereocenters. The van der Waals surface area contributed by atoms with E-state index in [-0.39, 0.29) is 21.2 Å². The molecule has 2 N–H and O–H groups in total. The lowest BCUT2D eigenvalue weighted by molar-refractivity contribution is 0.0696. The summed E-state index contributed by atoms with van der Waals surface area (Å²) < 4.78 is 60.2. The van der Waals surface area contributed by atoms with Crippen molar-refractivity contribution in [2.24, 2.45) is 0 Å². The Morgan fingerprint density at radius 2 is 1.62 bits per heavy atom. The fourth-order valence-corrected chi connectivity index (χ4v) is 7.43. The summed E-state index contributed by atoms with van der Waals surface area (Å²) in [6.07, 6.45) is 0. The predicted octanol–water partition coefficient (Wildman–Crippen LogP) is 3.70. The van der Waals surface area contributed by atoms with Gasteiger partial charge in [-0.3, -0.25) is 0 Å². The molecule has 34 heavy (non-hydrogen) atoms. The number of methoxy groups -OCH3 is 1.